The predicted molar refractivity (Wildman–Crippen MR) is 147 cm³/mol. The standard InChI is InChI=1S/C27H29BN6O2/c28-23-17-31-27(34-25(23)30-14-13-18-9-11-22(35)12-10-18)33-21-8-4-7-20(16-21)32-26(36)24(29)15-19-5-2-1-3-6-19/h1-12,16-17,24,35H,13-15,28-29H2,(H,32,36)(H2,30,31,33,34). The van der Waals surface area contributed by atoms with E-state index in [2.05, 4.69) is 25.9 Å². The Labute approximate surface area is 211 Å². The summed E-state index contributed by atoms with van der Waals surface area (Å²) in [7, 11) is 1.95. The third-order valence-corrected chi connectivity index (χ3v) is 5.64. The molecule has 0 saturated carbocycles. The van der Waals surface area contributed by atoms with Gasteiger partial charge in [-0.05, 0) is 59.8 Å². The van der Waals surface area contributed by atoms with Crippen LogP contribution in [0.5, 0.6) is 5.75 Å². The fourth-order valence-corrected chi connectivity index (χ4v) is 3.67. The van der Waals surface area contributed by atoms with Crippen molar-refractivity contribution >= 4 is 42.4 Å². The number of carbonyl (C=O) groups is 1. The molecular formula is C27H29BN6O2. The van der Waals surface area contributed by atoms with E-state index in [9.17, 15) is 9.90 Å². The lowest BCUT2D eigenvalue weighted by Gasteiger charge is -2.14. The lowest BCUT2D eigenvalue weighted by Crippen LogP contribution is -2.37. The molecule has 6 N–H and O–H groups in total. The van der Waals surface area contributed by atoms with Crippen molar-refractivity contribution in [2.45, 2.75) is 18.9 Å². The summed E-state index contributed by atoms with van der Waals surface area (Å²) in [5, 5.41) is 18.8. The summed E-state index contributed by atoms with van der Waals surface area (Å²) in [4.78, 5) is 21.6. The van der Waals surface area contributed by atoms with Crippen LogP contribution in [0.1, 0.15) is 11.1 Å². The van der Waals surface area contributed by atoms with Crippen molar-refractivity contribution in [3.63, 3.8) is 0 Å². The number of carbonyl (C=O) groups excluding carboxylic acids is 1. The summed E-state index contributed by atoms with van der Waals surface area (Å²) in [6.45, 7) is 0.687. The fraction of sp³-hybridized carbons (Fsp3) is 0.148. The van der Waals surface area contributed by atoms with Gasteiger partial charge in [0, 0.05) is 24.1 Å². The van der Waals surface area contributed by atoms with Crippen molar-refractivity contribution in [3.05, 3.63) is 96.2 Å². The van der Waals surface area contributed by atoms with Crippen LogP contribution in [0.4, 0.5) is 23.1 Å². The number of nitrogens with zero attached hydrogens (tertiary/aromatic N) is 2. The first kappa shape index (κ1) is 24.7. The van der Waals surface area contributed by atoms with Gasteiger partial charge in [0.05, 0.1) is 6.04 Å². The monoisotopic (exact) mass is 480 g/mol. The van der Waals surface area contributed by atoms with Gasteiger partial charge in [-0.1, -0.05) is 48.5 Å². The Morgan fingerprint density at radius 1 is 0.972 bits per heavy atom. The molecule has 3 aromatic carbocycles. The van der Waals surface area contributed by atoms with Crippen molar-refractivity contribution in [2.24, 2.45) is 5.73 Å². The Bertz CT molecular complexity index is 1300. The van der Waals surface area contributed by atoms with Crippen LogP contribution < -0.4 is 27.1 Å². The number of benzene rings is 3. The van der Waals surface area contributed by atoms with Crippen LogP contribution in [-0.4, -0.2) is 41.4 Å². The minimum Gasteiger partial charge on any atom is -0.508 e. The summed E-state index contributed by atoms with van der Waals surface area (Å²) in [5.41, 5.74) is 10.5. The van der Waals surface area contributed by atoms with Gasteiger partial charge in [0.25, 0.3) is 0 Å². The minimum absolute atomic E-state index is 0.247. The molecule has 1 heterocycles. The Balaban J connectivity index is 1.34. The Kier molecular flexibility index (Phi) is 8.15. The van der Waals surface area contributed by atoms with Crippen molar-refractivity contribution in [1.29, 1.82) is 0 Å². The SMILES string of the molecule is Bc1cnc(Nc2cccc(NC(=O)C(N)Cc3ccccc3)c2)nc1NCCc1ccc(O)cc1. The maximum atomic E-state index is 12.6. The van der Waals surface area contributed by atoms with E-state index in [0.717, 1.165) is 34.5 Å². The van der Waals surface area contributed by atoms with E-state index >= 15 is 0 Å². The average Bonchev–Trinajstić information content (AvgIpc) is 2.88. The van der Waals surface area contributed by atoms with Crippen LogP contribution >= 0.6 is 0 Å². The highest BCUT2D eigenvalue weighted by atomic mass is 16.3. The zero-order chi connectivity index (χ0) is 25.3. The van der Waals surface area contributed by atoms with Crippen LogP contribution in [0.3, 0.4) is 0 Å². The third-order valence-electron chi connectivity index (χ3n) is 5.64. The molecule has 0 aliphatic heterocycles. The number of aromatic hydroxyl groups is 1. The molecule has 0 aliphatic rings. The van der Waals surface area contributed by atoms with Gasteiger partial charge in [-0.25, -0.2) is 4.98 Å². The Morgan fingerprint density at radius 2 is 1.72 bits per heavy atom. The van der Waals surface area contributed by atoms with Gasteiger partial charge in [0.1, 0.15) is 19.4 Å². The molecule has 1 atom stereocenters. The number of hydrogen-bond acceptors (Lipinski definition) is 7. The third kappa shape index (κ3) is 7.07. The number of aromatic nitrogens is 2. The highest BCUT2D eigenvalue weighted by Crippen LogP contribution is 2.19. The first-order valence-electron chi connectivity index (χ1n) is 11.8. The summed E-state index contributed by atoms with van der Waals surface area (Å²) >= 11 is 0. The lowest BCUT2D eigenvalue weighted by molar-refractivity contribution is -0.117. The molecular weight excluding hydrogens is 451 g/mol. The van der Waals surface area contributed by atoms with E-state index in [1.807, 2.05) is 74.6 Å². The van der Waals surface area contributed by atoms with Crippen LogP contribution in [0.25, 0.3) is 0 Å². The number of phenolic OH excluding ortho intramolecular Hbond substituents is 1. The smallest absolute Gasteiger partial charge is 0.241 e. The van der Waals surface area contributed by atoms with E-state index in [-0.39, 0.29) is 11.7 Å². The molecule has 182 valence electrons. The van der Waals surface area contributed by atoms with Crippen LogP contribution in [0.15, 0.2) is 85.1 Å². The van der Waals surface area contributed by atoms with E-state index in [1.165, 1.54) is 0 Å². The van der Waals surface area contributed by atoms with Crippen molar-refractivity contribution in [1.82, 2.24) is 9.97 Å². The highest BCUT2D eigenvalue weighted by molar-refractivity contribution is 6.35. The number of amides is 1. The maximum Gasteiger partial charge on any atom is 0.241 e. The second-order valence-electron chi connectivity index (χ2n) is 8.56. The number of anilines is 4. The van der Waals surface area contributed by atoms with Crippen LogP contribution in [-0.2, 0) is 17.6 Å². The number of nitrogens with two attached hydrogens (primary N) is 1. The largest absolute Gasteiger partial charge is 0.508 e. The minimum atomic E-state index is -0.653. The molecule has 36 heavy (non-hydrogen) atoms. The Hall–Kier alpha value is -4.37. The van der Waals surface area contributed by atoms with E-state index in [4.69, 9.17) is 5.73 Å². The number of phenols is 1. The van der Waals surface area contributed by atoms with Crippen molar-refractivity contribution < 1.29 is 9.90 Å². The lowest BCUT2D eigenvalue weighted by atomic mass is 9.99. The molecule has 0 spiro atoms. The summed E-state index contributed by atoms with van der Waals surface area (Å²) in [5.74, 6) is 1.19. The van der Waals surface area contributed by atoms with Gasteiger partial charge in [-0.3, -0.25) is 4.79 Å². The Morgan fingerprint density at radius 3 is 2.50 bits per heavy atom. The van der Waals surface area contributed by atoms with Gasteiger partial charge < -0.3 is 26.8 Å². The number of nitrogens with one attached hydrogen (secondary N) is 3. The van der Waals surface area contributed by atoms with Crippen molar-refractivity contribution in [3.8, 4) is 5.75 Å². The van der Waals surface area contributed by atoms with E-state index in [1.54, 1.807) is 18.3 Å². The van der Waals surface area contributed by atoms with Gasteiger partial charge in [0.15, 0.2) is 0 Å². The summed E-state index contributed by atoms with van der Waals surface area (Å²) in [6, 6.07) is 23.5. The first-order chi connectivity index (χ1) is 17.5. The highest BCUT2D eigenvalue weighted by Gasteiger charge is 2.14. The molecule has 0 bridgehead atoms. The molecule has 1 unspecified atom stereocenters. The topological polar surface area (TPSA) is 125 Å². The molecule has 0 radical (unpaired) electrons. The zero-order valence-corrected chi connectivity index (χ0v) is 20.1. The van der Waals surface area contributed by atoms with Gasteiger partial charge in [-0.15, -0.1) is 0 Å². The molecule has 8 nitrogen and oxygen atoms in total. The van der Waals surface area contributed by atoms with E-state index < -0.39 is 6.04 Å². The zero-order valence-electron chi connectivity index (χ0n) is 20.1. The normalized spacial score (nSPS) is 11.5. The summed E-state index contributed by atoms with van der Waals surface area (Å²) < 4.78 is 0. The fourth-order valence-electron chi connectivity index (χ4n) is 3.67. The molecule has 4 aromatic rings. The van der Waals surface area contributed by atoms with Crippen LogP contribution in [0, 0.1) is 0 Å². The van der Waals surface area contributed by atoms with Gasteiger partial charge in [0.2, 0.25) is 11.9 Å². The molecule has 0 aliphatic carbocycles. The number of hydrogen-bond donors (Lipinski definition) is 5. The molecule has 9 heteroatoms. The van der Waals surface area contributed by atoms with E-state index in [0.29, 0.717) is 24.6 Å². The average molecular weight is 480 g/mol. The second-order valence-corrected chi connectivity index (χ2v) is 8.56. The second kappa shape index (κ2) is 11.9. The molecule has 1 amide bonds. The molecule has 0 fully saturated rings. The predicted octanol–water partition coefficient (Wildman–Crippen LogP) is 2.35. The molecule has 1 aromatic heterocycles. The van der Waals surface area contributed by atoms with Gasteiger partial charge >= 0.3 is 0 Å². The molecule has 4 rings (SSSR count). The number of rotatable bonds is 10. The first-order valence-corrected chi connectivity index (χ1v) is 11.8. The molecule has 0 saturated heterocycles. The quantitative estimate of drug-likeness (QED) is 0.221. The van der Waals surface area contributed by atoms with Gasteiger partial charge in [-0.2, -0.15) is 4.98 Å². The summed E-state index contributed by atoms with van der Waals surface area (Å²) in [6.07, 6.45) is 3.01. The van der Waals surface area contributed by atoms with Crippen molar-refractivity contribution in [2.75, 3.05) is 22.5 Å². The maximum absolute atomic E-state index is 12.6. The van der Waals surface area contributed by atoms with Crippen LogP contribution in [0.2, 0.25) is 0 Å².